The molecule has 0 radical (unpaired) electrons. The summed E-state index contributed by atoms with van der Waals surface area (Å²) < 4.78 is 0. The van der Waals surface area contributed by atoms with Crippen LogP contribution in [-0.4, -0.2) is 59.6 Å². The number of nitrogens with zero attached hydrogens (tertiary/aromatic N) is 1. The number of carboxylic acid groups (broad SMARTS) is 1. The summed E-state index contributed by atoms with van der Waals surface area (Å²) in [6.07, 6.45) is 0. The molecule has 0 heterocycles. The van der Waals surface area contributed by atoms with Gasteiger partial charge in [-0.2, -0.15) is 0 Å². The minimum absolute atomic E-state index is 0.0372. The molecule has 0 aromatic rings. The van der Waals surface area contributed by atoms with Crippen molar-refractivity contribution >= 4 is 23.6 Å². The average Bonchev–Trinajstić information content (AvgIpc) is 2.14. The Morgan fingerprint density at radius 2 is 1.88 bits per heavy atom. The molecule has 0 aliphatic rings. The SMILES string of the molecule is CN(C)C(C)(C)CNC(=O)CSCC(=O)O. The van der Waals surface area contributed by atoms with Gasteiger partial charge in [0.25, 0.3) is 0 Å². The van der Waals surface area contributed by atoms with Crippen LogP contribution in [0.1, 0.15) is 13.8 Å². The van der Waals surface area contributed by atoms with E-state index in [1.54, 1.807) is 0 Å². The van der Waals surface area contributed by atoms with Crippen molar-refractivity contribution in [2.45, 2.75) is 19.4 Å². The number of nitrogens with one attached hydrogen (secondary N) is 1. The molecule has 5 nitrogen and oxygen atoms in total. The molecule has 0 saturated carbocycles. The van der Waals surface area contributed by atoms with Crippen molar-refractivity contribution < 1.29 is 14.7 Å². The molecule has 2 N–H and O–H groups in total. The lowest BCUT2D eigenvalue weighted by molar-refractivity contribution is -0.133. The smallest absolute Gasteiger partial charge is 0.313 e. The van der Waals surface area contributed by atoms with Gasteiger partial charge in [0.05, 0.1) is 11.5 Å². The van der Waals surface area contributed by atoms with E-state index in [0.29, 0.717) is 6.54 Å². The van der Waals surface area contributed by atoms with Gasteiger partial charge >= 0.3 is 5.97 Å². The first-order valence-electron chi connectivity index (χ1n) is 4.99. The second kappa shape index (κ2) is 6.75. The Kier molecular flexibility index (Phi) is 6.43. The summed E-state index contributed by atoms with van der Waals surface area (Å²) >= 11 is 1.10. The van der Waals surface area contributed by atoms with Crippen molar-refractivity contribution in [3.8, 4) is 0 Å². The first-order valence-corrected chi connectivity index (χ1v) is 6.15. The minimum atomic E-state index is -0.897. The highest BCUT2D eigenvalue weighted by molar-refractivity contribution is 8.00. The summed E-state index contributed by atoms with van der Waals surface area (Å²) in [5, 5.41) is 11.2. The van der Waals surface area contributed by atoms with E-state index < -0.39 is 5.97 Å². The summed E-state index contributed by atoms with van der Waals surface area (Å²) in [6, 6.07) is 0. The number of hydrogen-bond donors (Lipinski definition) is 2. The van der Waals surface area contributed by atoms with Gasteiger partial charge in [0.15, 0.2) is 0 Å². The lowest BCUT2D eigenvalue weighted by atomic mass is 10.0. The van der Waals surface area contributed by atoms with Crippen LogP contribution in [0.4, 0.5) is 0 Å². The Bertz CT molecular complexity index is 254. The van der Waals surface area contributed by atoms with Crippen LogP contribution < -0.4 is 5.32 Å². The van der Waals surface area contributed by atoms with Crippen molar-refractivity contribution in [1.29, 1.82) is 0 Å². The van der Waals surface area contributed by atoms with Crippen molar-refractivity contribution in [2.24, 2.45) is 0 Å². The normalized spacial score (nSPS) is 11.6. The Morgan fingerprint density at radius 1 is 1.31 bits per heavy atom. The van der Waals surface area contributed by atoms with Gasteiger partial charge in [-0.05, 0) is 27.9 Å². The number of carbonyl (C=O) groups is 2. The summed E-state index contributed by atoms with van der Waals surface area (Å²) in [5.74, 6) is -0.868. The number of thioether (sulfide) groups is 1. The number of carbonyl (C=O) groups excluding carboxylic acids is 1. The Hall–Kier alpha value is -0.750. The maximum atomic E-state index is 11.4. The molecule has 0 rings (SSSR count). The summed E-state index contributed by atoms with van der Waals surface area (Å²) in [4.78, 5) is 23.6. The van der Waals surface area contributed by atoms with E-state index in [4.69, 9.17) is 5.11 Å². The van der Waals surface area contributed by atoms with Crippen LogP contribution >= 0.6 is 11.8 Å². The zero-order valence-electron chi connectivity index (χ0n) is 10.2. The van der Waals surface area contributed by atoms with Crippen molar-refractivity contribution in [3.63, 3.8) is 0 Å². The van der Waals surface area contributed by atoms with E-state index >= 15 is 0 Å². The van der Waals surface area contributed by atoms with Crippen LogP contribution in [0.3, 0.4) is 0 Å². The molecule has 0 saturated heterocycles. The molecule has 94 valence electrons. The second-order valence-electron chi connectivity index (χ2n) is 4.37. The van der Waals surface area contributed by atoms with E-state index in [1.807, 2.05) is 32.8 Å². The largest absolute Gasteiger partial charge is 0.481 e. The molecule has 0 aliphatic carbocycles. The van der Waals surface area contributed by atoms with Gasteiger partial charge in [-0.15, -0.1) is 11.8 Å². The van der Waals surface area contributed by atoms with Crippen LogP contribution in [0, 0.1) is 0 Å². The van der Waals surface area contributed by atoms with Gasteiger partial charge in [0.2, 0.25) is 5.91 Å². The Morgan fingerprint density at radius 3 is 2.31 bits per heavy atom. The molecule has 0 aromatic heterocycles. The van der Waals surface area contributed by atoms with Crippen molar-refractivity contribution in [1.82, 2.24) is 10.2 Å². The predicted octanol–water partition coefficient (Wildman–Crippen LogP) is 0.261. The van der Waals surface area contributed by atoms with E-state index in [1.165, 1.54) is 0 Å². The van der Waals surface area contributed by atoms with Gasteiger partial charge in [0.1, 0.15) is 0 Å². The van der Waals surface area contributed by atoms with Gasteiger partial charge in [-0.25, -0.2) is 0 Å². The Labute approximate surface area is 101 Å². The zero-order valence-corrected chi connectivity index (χ0v) is 11.1. The highest BCUT2D eigenvalue weighted by atomic mass is 32.2. The van der Waals surface area contributed by atoms with E-state index in [-0.39, 0.29) is 23.0 Å². The summed E-state index contributed by atoms with van der Waals surface area (Å²) in [6.45, 7) is 4.60. The third-order valence-corrected chi connectivity index (χ3v) is 3.30. The fraction of sp³-hybridized carbons (Fsp3) is 0.800. The predicted molar refractivity (Wildman–Crippen MR) is 65.7 cm³/mol. The van der Waals surface area contributed by atoms with Crippen LogP contribution in [0.15, 0.2) is 0 Å². The molecule has 0 aliphatic heterocycles. The average molecular weight is 248 g/mol. The molecule has 0 fully saturated rings. The number of aliphatic carboxylic acids is 1. The number of likely N-dealkylation sites (N-methyl/N-ethyl adjacent to an activating group) is 1. The standard InChI is InChI=1S/C10H20N2O3S/c1-10(2,12(3)4)7-11-8(13)5-16-6-9(14)15/h5-7H2,1-4H3,(H,11,13)(H,14,15). The number of carboxylic acids is 1. The molecule has 0 bridgehead atoms. The lowest BCUT2D eigenvalue weighted by Gasteiger charge is -2.32. The van der Waals surface area contributed by atoms with Crippen LogP contribution in [0.25, 0.3) is 0 Å². The fourth-order valence-corrected chi connectivity index (χ4v) is 1.32. The van der Waals surface area contributed by atoms with Gasteiger partial charge in [-0.1, -0.05) is 0 Å². The molecule has 0 aromatic carbocycles. The molecule has 0 unspecified atom stereocenters. The van der Waals surface area contributed by atoms with Gasteiger partial charge in [-0.3, -0.25) is 9.59 Å². The van der Waals surface area contributed by atoms with Gasteiger partial charge in [0, 0.05) is 12.1 Å². The molecular formula is C10H20N2O3S. The topological polar surface area (TPSA) is 69.6 Å². The summed E-state index contributed by atoms with van der Waals surface area (Å²) in [7, 11) is 3.90. The molecule has 1 amide bonds. The van der Waals surface area contributed by atoms with Crippen LogP contribution in [0.2, 0.25) is 0 Å². The zero-order chi connectivity index (χ0) is 12.8. The number of hydrogen-bond acceptors (Lipinski definition) is 4. The number of amides is 1. The monoisotopic (exact) mass is 248 g/mol. The third kappa shape index (κ3) is 6.68. The third-order valence-electron chi connectivity index (χ3n) is 2.39. The van der Waals surface area contributed by atoms with Gasteiger partial charge < -0.3 is 15.3 Å². The lowest BCUT2D eigenvalue weighted by Crippen LogP contribution is -2.48. The number of rotatable bonds is 7. The summed E-state index contributed by atoms with van der Waals surface area (Å²) in [5.41, 5.74) is -0.104. The second-order valence-corrected chi connectivity index (χ2v) is 5.36. The molecule has 6 heteroatoms. The first kappa shape index (κ1) is 15.2. The highest BCUT2D eigenvalue weighted by Gasteiger charge is 2.20. The molecule has 0 atom stereocenters. The van der Waals surface area contributed by atoms with E-state index in [2.05, 4.69) is 5.32 Å². The fourth-order valence-electron chi connectivity index (χ4n) is 0.755. The quantitative estimate of drug-likeness (QED) is 0.676. The molecular weight excluding hydrogens is 228 g/mol. The molecule has 0 spiro atoms. The van der Waals surface area contributed by atoms with Crippen LogP contribution in [-0.2, 0) is 9.59 Å². The Balaban J connectivity index is 3.77. The van der Waals surface area contributed by atoms with Crippen molar-refractivity contribution in [2.75, 3.05) is 32.1 Å². The molecule has 16 heavy (non-hydrogen) atoms. The van der Waals surface area contributed by atoms with Crippen LogP contribution in [0.5, 0.6) is 0 Å². The van der Waals surface area contributed by atoms with Crippen molar-refractivity contribution in [3.05, 3.63) is 0 Å². The first-order chi connectivity index (χ1) is 7.25. The van der Waals surface area contributed by atoms with E-state index in [0.717, 1.165) is 11.8 Å². The van der Waals surface area contributed by atoms with E-state index in [9.17, 15) is 9.59 Å². The maximum absolute atomic E-state index is 11.4. The maximum Gasteiger partial charge on any atom is 0.313 e. The minimum Gasteiger partial charge on any atom is -0.481 e. The highest BCUT2D eigenvalue weighted by Crippen LogP contribution is 2.08.